The minimum absolute atomic E-state index is 0.0853. The van der Waals surface area contributed by atoms with E-state index in [1.165, 1.54) is 18.4 Å². The molecule has 1 N–H and O–H groups in total. The van der Waals surface area contributed by atoms with E-state index in [0.717, 1.165) is 11.1 Å². The molecule has 1 heterocycles. The van der Waals surface area contributed by atoms with Crippen molar-refractivity contribution in [3.8, 4) is 5.75 Å². The fourth-order valence-electron chi connectivity index (χ4n) is 1.99. The summed E-state index contributed by atoms with van der Waals surface area (Å²) in [4.78, 5) is 27.2. The summed E-state index contributed by atoms with van der Waals surface area (Å²) in [5.74, 6) is -0.0161. The second kappa shape index (κ2) is 7.73. The van der Waals surface area contributed by atoms with Gasteiger partial charge in [0.1, 0.15) is 5.75 Å². The molecule has 6 nitrogen and oxygen atoms in total. The summed E-state index contributed by atoms with van der Waals surface area (Å²) in [6, 6.07) is 5.78. The molecule has 2 aromatic rings. The summed E-state index contributed by atoms with van der Waals surface area (Å²) in [7, 11) is 1.32. The first-order valence-electron chi connectivity index (χ1n) is 6.98. The predicted molar refractivity (Wildman–Crippen MR) is 87.9 cm³/mol. The van der Waals surface area contributed by atoms with Crippen molar-refractivity contribution in [2.24, 2.45) is 0 Å². The van der Waals surface area contributed by atoms with Crippen molar-refractivity contribution in [3.63, 3.8) is 0 Å². The quantitative estimate of drug-likeness (QED) is 0.821. The highest BCUT2D eigenvalue weighted by molar-refractivity contribution is 7.13. The van der Waals surface area contributed by atoms with Gasteiger partial charge in [-0.3, -0.25) is 14.9 Å². The number of benzene rings is 1. The fourth-order valence-corrected chi connectivity index (χ4v) is 2.71. The number of ether oxygens (including phenoxy) is 2. The van der Waals surface area contributed by atoms with E-state index in [1.807, 2.05) is 32.0 Å². The lowest BCUT2D eigenvalue weighted by Gasteiger charge is -2.07. The third-order valence-corrected chi connectivity index (χ3v) is 3.72. The van der Waals surface area contributed by atoms with Crippen LogP contribution in [0.1, 0.15) is 16.8 Å². The van der Waals surface area contributed by atoms with Gasteiger partial charge in [-0.15, -0.1) is 11.3 Å². The maximum atomic E-state index is 11.9. The van der Waals surface area contributed by atoms with Crippen molar-refractivity contribution >= 4 is 28.3 Å². The first-order chi connectivity index (χ1) is 11.0. The van der Waals surface area contributed by atoms with Gasteiger partial charge in [0.05, 0.1) is 19.2 Å². The number of nitrogens with one attached hydrogen (secondary N) is 1. The van der Waals surface area contributed by atoms with Crippen LogP contribution in [0.4, 0.5) is 5.13 Å². The molecule has 7 heteroatoms. The van der Waals surface area contributed by atoms with E-state index in [9.17, 15) is 9.59 Å². The number of carbonyl (C=O) groups excluding carboxylic acids is 2. The highest BCUT2D eigenvalue weighted by Crippen LogP contribution is 2.18. The Hall–Kier alpha value is -2.41. The van der Waals surface area contributed by atoms with Crippen LogP contribution in [0, 0.1) is 13.8 Å². The van der Waals surface area contributed by atoms with Crippen LogP contribution in [0.5, 0.6) is 5.75 Å². The molecule has 0 saturated carbocycles. The number of nitrogens with zero attached hydrogens (tertiary/aromatic N) is 1. The minimum Gasteiger partial charge on any atom is -0.484 e. The highest BCUT2D eigenvalue weighted by Gasteiger charge is 2.10. The molecule has 0 unspecified atom stereocenters. The zero-order chi connectivity index (χ0) is 16.8. The molecule has 0 fully saturated rings. The van der Waals surface area contributed by atoms with Crippen LogP contribution in [-0.2, 0) is 20.7 Å². The maximum Gasteiger partial charge on any atom is 0.311 e. The van der Waals surface area contributed by atoms with Gasteiger partial charge < -0.3 is 9.47 Å². The van der Waals surface area contributed by atoms with Gasteiger partial charge in [-0.25, -0.2) is 4.98 Å². The van der Waals surface area contributed by atoms with E-state index >= 15 is 0 Å². The molecule has 2 rings (SSSR count). The van der Waals surface area contributed by atoms with Crippen LogP contribution in [-0.4, -0.2) is 30.6 Å². The van der Waals surface area contributed by atoms with Crippen LogP contribution in [0.3, 0.4) is 0 Å². The summed E-state index contributed by atoms with van der Waals surface area (Å²) in [5, 5.41) is 4.78. The van der Waals surface area contributed by atoms with Crippen LogP contribution >= 0.6 is 11.3 Å². The van der Waals surface area contributed by atoms with Gasteiger partial charge in [-0.2, -0.15) is 0 Å². The topological polar surface area (TPSA) is 77.5 Å². The number of carbonyl (C=O) groups is 2. The molecule has 0 bridgehead atoms. The normalized spacial score (nSPS) is 10.2. The first kappa shape index (κ1) is 17.0. The molecule has 0 atom stereocenters. The summed E-state index contributed by atoms with van der Waals surface area (Å²) in [5.41, 5.74) is 2.72. The molecule has 1 amide bonds. The lowest BCUT2D eigenvalue weighted by molar-refractivity contribution is -0.139. The molecular weight excluding hydrogens is 316 g/mol. The number of thiazole rings is 1. The Bertz CT molecular complexity index is 692. The van der Waals surface area contributed by atoms with Crippen molar-refractivity contribution in [2.45, 2.75) is 20.3 Å². The number of esters is 1. The van der Waals surface area contributed by atoms with Crippen molar-refractivity contribution in [2.75, 3.05) is 19.0 Å². The van der Waals surface area contributed by atoms with Crippen molar-refractivity contribution in [3.05, 3.63) is 40.4 Å². The zero-order valence-electron chi connectivity index (χ0n) is 13.2. The summed E-state index contributed by atoms with van der Waals surface area (Å²) >= 11 is 1.25. The number of rotatable bonds is 6. The fraction of sp³-hybridized carbons (Fsp3) is 0.312. The van der Waals surface area contributed by atoms with E-state index in [-0.39, 0.29) is 24.9 Å². The van der Waals surface area contributed by atoms with E-state index < -0.39 is 0 Å². The van der Waals surface area contributed by atoms with Gasteiger partial charge in [0.2, 0.25) is 0 Å². The van der Waals surface area contributed by atoms with Crippen LogP contribution < -0.4 is 10.1 Å². The largest absolute Gasteiger partial charge is 0.484 e. The van der Waals surface area contributed by atoms with E-state index in [2.05, 4.69) is 15.0 Å². The third kappa shape index (κ3) is 5.37. The lowest BCUT2D eigenvalue weighted by Crippen LogP contribution is -2.20. The van der Waals surface area contributed by atoms with Gasteiger partial charge in [-0.05, 0) is 37.1 Å². The van der Waals surface area contributed by atoms with E-state index in [1.54, 1.807) is 5.38 Å². The van der Waals surface area contributed by atoms with Crippen LogP contribution in [0.15, 0.2) is 23.6 Å². The second-order valence-corrected chi connectivity index (χ2v) is 5.92. The molecule has 0 radical (unpaired) electrons. The number of hydrogen-bond acceptors (Lipinski definition) is 6. The summed E-state index contributed by atoms with van der Waals surface area (Å²) in [6.45, 7) is 3.84. The predicted octanol–water partition coefficient (Wildman–Crippen LogP) is 2.49. The van der Waals surface area contributed by atoms with Gasteiger partial charge in [0.25, 0.3) is 5.91 Å². The summed E-state index contributed by atoms with van der Waals surface area (Å²) in [6.07, 6.45) is 0.0853. The standard InChI is InChI=1S/C16H18N2O4S/c1-10-4-11(2)6-13(5-10)22-8-14(19)18-16-17-12(9-23-16)7-15(20)21-3/h4-6,9H,7-8H2,1-3H3,(H,17,18,19). The Balaban J connectivity index is 1.86. The summed E-state index contributed by atoms with van der Waals surface area (Å²) < 4.78 is 10.1. The number of anilines is 1. The van der Waals surface area contributed by atoms with E-state index in [0.29, 0.717) is 16.6 Å². The number of hydrogen-bond donors (Lipinski definition) is 1. The van der Waals surface area contributed by atoms with Gasteiger partial charge in [-0.1, -0.05) is 6.07 Å². The molecule has 1 aromatic carbocycles. The third-order valence-electron chi connectivity index (χ3n) is 2.92. The van der Waals surface area contributed by atoms with Crippen LogP contribution in [0.2, 0.25) is 0 Å². The molecular formula is C16H18N2O4S. The Morgan fingerprint density at radius 3 is 2.57 bits per heavy atom. The Kier molecular flexibility index (Phi) is 5.70. The molecule has 0 aliphatic rings. The molecule has 0 saturated heterocycles. The molecule has 0 aliphatic heterocycles. The average molecular weight is 334 g/mol. The minimum atomic E-state index is -0.369. The van der Waals surface area contributed by atoms with E-state index in [4.69, 9.17) is 4.74 Å². The Morgan fingerprint density at radius 2 is 1.91 bits per heavy atom. The second-order valence-electron chi connectivity index (χ2n) is 5.06. The van der Waals surface area contributed by atoms with Crippen molar-refractivity contribution in [1.82, 2.24) is 4.98 Å². The first-order valence-corrected chi connectivity index (χ1v) is 7.86. The Labute approximate surface area is 138 Å². The van der Waals surface area contributed by atoms with Crippen LogP contribution in [0.25, 0.3) is 0 Å². The Morgan fingerprint density at radius 1 is 1.22 bits per heavy atom. The van der Waals surface area contributed by atoms with Crippen molar-refractivity contribution < 1.29 is 19.1 Å². The molecule has 0 aliphatic carbocycles. The SMILES string of the molecule is COC(=O)Cc1csc(NC(=O)COc2cc(C)cc(C)c2)n1. The van der Waals surface area contributed by atoms with Gasteiger partial charge in [0, 0.05) is 5.38 Å². The monoisotopic (exact) mass is 334 g/mol. The molecule has 0 spiro atoms. The highest BCUT2D eigenvalue weighted by atomic mass is 32.1. The maximum absolute atomic E-state index is 11.9. The van der Waals surface area contributed by atoms with Gasteiger partial charge in [0.15, 0.2) is 11.7 Å². The van der Waals surface area contributed by atoms with Crippen molar-refractivity contribution in [1.29, 1.82) is 0 Å². The number of methoxy groups -OCH3 is 1. The number of aryl methyl sites for hydroxylation is 2. The average Bonchev–Trinajstić information content (AvgIpc) is 2.91. The number of amides is 1. The number of aromatic nitrogens is 1. The molecule has 122 valence electrons. The van der Waals surface area contributed by atoms with Gasteiger partial charge >= 0.3 is 5.97 Å². The molecule has 1 aromatic heterocycles. The zero-order valence-corrected chi connectivity index (χ0v) is 14.0. The lowest BCUT2D eigenvalue weighted by atomic mass is 10.1. The smallest absolute Gasteiger partial charge is 0.311 e. The molecule has 23 heavy (non-hydrogen) atoms.